The molecule has 6 N–H and O–H groups in total. The van der Waals surface area contributed by atoms with Gasteiger partial charge in [0.05, 0.1) is 6.54 Å². The van der Waals surface area contributed by atoms with Gasteiger partial charge in [0.1, 0.15) is 11.4 Å². The van der Waals surface area contributed by atoms with Gasteiger partial charge in [0.15, 0.2) is 5.84 Å². The van der Waals surface area contributed by atoms with Crippen molar-refractivity contribution in [3.05, 3.63) is 71.3 Å². The Labute approximate surface area is 221 Å². The summed E-state index contributed by atoms with van der Waals surface area (Å²) < 4.78 is 6.49. The molecule has 2 aliphatic rings. The van der Waals surface area contributed by atoms with Gasteiger partial charge in [0, 0.05) is 37.4 Å². The molecule has 4 rings (SSSR count). The number of carbonyl (C=O) groups excluding carboxylic acids is 1. The van der Waals surface area contributed by atoms with Crippen LogP contribution in [0.25, 0.3) is 5.57 Å². The van der Waals surface area contributed by atoms with E-state index < -0.39 is 0 Å². The molecule has 0 bridgehead atoms. The highest BCUT2D eigenvalue weighted by atomic mass is 16.5. The van der Waals surface area contributed by atoms with Gasteiger partial charge in [-0.25, -0.2) is 11.0 Å². The lowest BCUT2D eigenvalue weighted by Crippen LogP contribution is -2.46. The van der Waals surface area contributed by atoms with Crippen molar-refractivity contribution in [2.75, 3.05) is 26.2 Å². The van der Waals surface area contributed by atoms with E-state index in [1.807, 2.05) is 38.1 Å². The van der Waals surface area contributed by atoms with Crippen molar-refractivity contribution in [2.24, 2.45) is 16.7 Å². The van der Waals surface area contributed by atoms with E-state index in [0.29, 0.717) is 18.9 Å². The second-order valence-electron chi connectivity index (χ2n) is 9.24. The Kier molecular flexibility index (Phi) is 10.5. The SMILES string of the molecule is CC.CC(=O)NCCCCCN(N)/N=C(\N)c1ccc(C2=CC3(CCNCC3)Oc3ccccc32)cc1. The minimum absolute atomic E-state index is 0.00282. The van der Waals surface area contributed by atoms with Crippen molar-refractivity contribution >= 4 is 17.3 Å². The lowest BCUT2D eigenvalue weighted by molar-refractivity contribution is -0.118. The second-order valence-corrected chi connectivity index (χ2v) is 9.24. The zero-order valence-corrected chi connectivity index (χ0v) is 22.4. The Balaban J connectivity index is 0.00000186. The van der Waals surface area contributed by atoms with Crippen molar-refractivity contribution in [1.29, 1.82) is 0 Å². The number of fused-ring (bicyclic) bond motifs is 1. The fourth-order valence-corrected chi connectivity index (χ4v) is 4.61. The predicted octanol–water partition coefficient (Wildman–Crippen LogP) is 3.76. The van der Waals surface area contributed by atoms with Crippen molar-refractivity contribution in [3.63, 3.8) is 0 Å². The van der Waals surface area contributed by atoms with Gasteiger partial charge in [-0.05, 0) is 55.6 Å². The molecule has 1 fully saturated rings. The smallest absolute Gasteiger partial charge is 0.216 e. The summed E-state index contributed by atoms with van der Waals surface area (Å²) in [5, 5.41) is 11.9. The van der Waals surface area contributed by atoms with E-state index in [-0.39, 0.29) is 11.5 Å². The van der Waals surface area contributed by atoms with Gasteiger partial charge in [-0.2, -0.15) is 0 Å². The van der Waals surface area contributed by atoms with Crippen LogP contribution in [0.5, 0.6) is 5.75 Å². The third-order valence-corrected chi connectivity index (χ3v) is 6.51. The molecule has 2 heterocycles. The summed E-state index contributed by atoms with van der Waals surface area (Å²) in [6.07, 6.45) is 6.94. The predicted molar refractivity (Wildman–Crippen MR) is 151 cm³/mol. The maximum absolute atomic E-state index is 10.9. The number of benzene rings is 2. The minimum Gasteiger partial charge on any atom is -0.482 e. The van der Waals surface area contributed by atoms with Gasteiger partial charge in [-0.3, -0.25) is 4.79 Å². The molecule has 1 spiro atoms. The number of nitrogens with one attached hydrogen (secondary N) is 2. The average Bonchev–Trinajstić information content (AvgIpc) is 2.91. The van der Waals surface area contributed by atoms with Crippen molar-refractivity contribution in [3.8, 4) is 5.75 Å². The number of hydrazone groups is 1. The van der Waals surface area contributed by atoms with Gasteiger partial charge >= 0.3 is 0 Å². The number of nitrogens with zero attached hydrogens (tertiary/aromatic N) is 2. The van der Waals surface area contributed by atoms with Crippen LogP contribution in [0.4, 0.5) is 0 Å². The van der Waals surface area contributed by atoms with Gasteiger partial charge < -0.3 is 21.1 Å². The third-order valence-electron chi connectivity index (χ3n) is 6.51. The number of unbranched alkanes of at least 4 members (excludes halogenated alkanes) is 2. The first kappa shape index (κ1) is 28.2. The average molecular weight is 507 g/mol. The van der Waals surface area contributed by atoms with E-state index in [4.69, 9.17) is 16.3 Å². The monoisotopic (exact) mass is 506 g/mol. The number of hydrogen-bond donors (Lipinski definition) is 4. The first-order valence-electron chi connectivity index (χ1n) is 13.4. The molecule has 2 aliphatic heterocycles. The molecule has 1 amide bonds. The van der Waals surface area contributed by atoms with Crippen LogP contribution in [0.2, 0.25) is 0 Å². The standard InChI is InChI=1S/C27H36N6O2.C2H6/c1-20(34)31-15-5-2-6-18-33(29)32-26(28)22-11-9-21(10-12-22)24-19-27(13-16-30-17-14-27)35-25-8-4-3-7-23(24)25;1-2/h3-4,7-12,19,30H,2,5-6,13-18,29H2,1H3,(H2,28,32)(H,31,34);1-2H3. The number of amidine groups is 1. The van der Waals surface area contributed by atoms with E-state index in [1.165, 1.54) is 17.6 Å². The van der Waals surface area contributed by atoms with E-state index >= 15 is 0 Å². The Morgan fingerprint density at radius 3 is 2.49 bits per heavy atom. The Morgan fingerprint density at radius 2 is 1.78 bits per heavy atom. The van der Waals surface area contributed by atoms with Crippen molar-refractivity contribution in [2.45, 2.75) is 58.5 Å². The zero-order valence-electron chi connectivity index (χ0n) is 22.4. The highest BCUT2D eigenvalue weighted by molar-refractivity contribution is 5.98. The minimum atomic E-state index is -0.268. The molecule has 200 valence electrons. The quantitative estimate of drug-likeness (QED) is 0.135. The highest BCUT2D eigenvalue weighted by Gasteiger charge is 2.36. The van der Waals surface area contributed by atoms with Crippen LogP contribution in [0.3, 0.4) is 0 Å². The third kappa shape index (κ3) is 7.81. The largest absolute Gasteiger partial charge is 0.482 e. The van der Waals surface area contributed by atoms with Gasteiger partial charge in [0.2, 0.25) is 5.91 Å². The molecule has 8 heteroatoms. The molecule has 2 aromatic carbocycles. The first-order chi connectivity index (χ1) is 18.0. The molecular formula is C29H42N6O2. The van der Waals surface area contributed by atoms with E-state index in [0.717, 1.165) is 67.6 Å². The number of hydrazine groups is 1. The van der Waals surface area contributed by atoms with Gasteiger partial charge in [-0.1, -0.05) is 56.3 Å². The lowest BCUT2D eigenvalue weighted by atomic mass is 9.83. The molecular weight excluding hydrogens is 464 g/mol. The summed E-state index contributed by atoms with van der Waals surface area (Å²) in [4.78, 5) is 10.9. The number of para-hydroxylation sites is 1. The summed E-state index contributed by atoms with van der Waals surface area (Å²) in [7, 11) is 0. The zero-order chi connectivity index (χ0) is 26.7. The molecule has 0 radical (unpaired) electrons. The van der Waals surface area contributed by atoms with Crippen LogP contribution in [0, 0.1) is 0 Å². The fourth-order valence-electron chi connectivity index (χ4n) is 4.61. The van der Waals surface area contributed by atoms with Crippen LogP contribution in [0.15, 0.2) is 59.7 Å². The number of amides is 1. The van der Waals surface area contributed by atoms with Crippen LogP contribution < -0.4 is 26.9 Å². The molecule has 1 saturated heterocycles. The summed E-state index contributed by atoms with van der Waals surface area (Å²) >= 11 is 0. The molecule has 0 unspecified atom stereocenters. The van der Waals surface area contributed by atoms with E-state index in [1.54, 1.807) is 0 Å². The van der Waals surface area contributed by atoms with Gasteiger partial charge in [0.25, 0.3) is 0 Å². The molecule has 0 saturated carbocycles. The van der Waals surface area contributed by atoms with Crippen LogP contribution in [0.1, 0.15) is 69.6 Å². The summed E-state index contributed by atoms with van der Waals surface area (Å²) in [5.41, 5.74) is 10.2. The normalized spacial score (nSPS) is 16.0. The highest BCUT2D eigenvalue weighted by Crippen LogP contribution is 2.42. The van der Waals surface area contributed by atoms with E-state index in [2.05, 4.69) is 46.1 Å². The molecule has 37 heavy (non-hydrogen) atoms. The van der Waals surface area contributed by atoms with Crippen LogP contribution in [-0.2, 0) is 4.79 Å². The topological polar surface area (TPSA) is 118 Å². The number of carbonyl (C=O) groups is 1. The number of nitrogens with two attached hydrogens (primary N) is 2. The van der Waals surface area contributed by atoms with Crippen LogP contribution in [-0.4, -0.2) is 48.6 Å². The second kappa shape index (κ2) is 13.8. The lowest BCUT2D eigenvalue weighted by Gasteiger charge is -2.40. The maximum Gasteiger partial charge on any atom is 0.216 e. The summed E-state index contributed by atoms with van der Waals surface area (Å²) in [6.45, 7) is 8.70. The molecule has 0 aromatic heterocycles. The van der Waals surface area contributed by atoms with Gasteiger partial charge in [-0.15, -0.1) is 5.10 Å². The number of ether oxygens (including phenoxy) is 1. The van der Waals surface area contributed by atoms with E-state index in [9.17, 15) is 4.79 Å². The summed E-state index contributed by atoms with van der Waals surface area (Å²) in [6, 6.07) is 16.4. The maximum atomic E-state index is 10.9. The van der Waals surface area contributed by atoms with Crippen LogP contribution >= 0.6 is 0 Å². The number of hydrogen-bond acceptors (Lipinski definition) is 6. The number of rotatable bonds is 9. The molecule has 2 aromatic rings. The van der Waals surface area contributed by atoms with Crippen molar-refractivity contribution in [1.82, 2.24) is 15.8 Å². The molecule has 0 atom stereocenters. The summed E-state index contributed by atoms with van der Waals surface area (Å²) in [5.74, 6) is 7.34. The first-order valence-corrected chi connectivity index (χ1v) is 13.4. The van der Waals surface area contributed by atoms with Crippen molar-refractivity contribution < 1.29 is 9.53 Å². The Morgan fingerprint density at radius 1 is 1.08 bits per heavy atom. The molecule has 8 nitrogen and oxygen atoms in total. The fraction of sp³-hybridized carbons (Fsp3) is 0.448. The number of piperidine rings is 1. The molecule has 0 aliphatic carbocycles. The Bertz CT molecular complexity index is 1070. The Hall–Kier alpha value is -3.36.